The van der Waals surface area contributed by atoms with Crippen LogP contribution in [0.3, 0.4) is 0 Å². The second-order valence-corrected chi connectivity index (χ2v) is 4.84. The number of nitrogens with zero attached hydrogens (tertiary/aromatic N) is 1. The van der Waals surface area contributed by atoms with Crippen LogP contribution in [-0.2, 0) is 6.54 Å². The highest BCUT2D eigenvalue weighted by atomic mass is 79.9. The molecule has 0 spiro atoms. The molecule has 4 heteroatoms. The molecule has 0 radical (unpaired) electrons. The number of aliphatic hydroxyl groups is 1. The van der Waals surface area contributed by atoms with Crippen LogP contribution in [0.15, 0.2) is 22.9 Å². The van der Waals surface area contributed by atoms with Gasteiger partial charge in [0.15, 0.2) is 0 Å². The first kappa shape index (κ1) is 11.6. The van der Waals surface area contributed by atoms with Crippen molar-refractivity contribution in [1.82, 2.24) is 10.3 Å². The van der Waals surface area contributed by atoms with Crippen molar-refractivity contribution in [2.45, 2.75) is 26.0 Å². The van der Waals surface area contributed by atoms with Gasteiger partial charge < -0.3 is 10.4 Å². The lowest BCUT2D eigenvalue weighted by Gasteiger charge is -2.17. The number of rotatable bonds is 4. The Morgan fingerprint density at radius 2 is 2.21 bits per heavy atom. The van der Waals surface area contributed by atoms with E-state index in [0.717, 1.165) is 16.6 Å². The van der Waals surface area contributed by atoms with E-state index in [-0.39, 0.29) is 0 Å². The molecule has 3 nitrogen and oxygen atoms in total. The average molecular weight is 259 g/mol. The van der Waals surface area contributed by atoms with Crippen molar-refractivity contribution in [2.24, 2.45) is 0 Å². The molecule has 0 saturated heterocycles. The second-order valence-electron chi connectivity index (χ2n) is 3.93. The molecular formula is C10H15BrN2O. The molecule has 0 aliphatic heterocycles. The predicted molar refractivity (Wildman–Crippen MR) is 59.9 cm³/mol. The van der Waals surface area contributed by atoms with Gasteiger partial charge in [0, 0.05) is 30.0 Å². The lowest BCUT2D eigenvalue weighted by molar-refractivity contribution is 0.0795. The van der Waals surface area contributed by atoms with Crippen LogP contribution in [-0.4, -0.2) is 22.2 Å². The van der Waals surface area contributed by atoms with Gasteiger partial charge in [0.1, 0.15) is 0 Å². The topological polar surface area (TPSA) is 45.1 Å². The zero-order valence-corrected chi connectivity index (χ0v) is 10.0. The molecule has 14 heavy (non-hydrogen) atoms. The molecule has 0 aromatic carbocycles. The SMILES string of the molecule is CC(C)(O)CNCc1cncc(Br)c1. The van der Waals surface area contributed by atoms with Crippen molar-refractivity contribution in [2.75, 3.05) is 6.54 Å². The molecule has 0 aliphatic carbocycles. The number of aromatic nitrogens is 1. The number of hydrogen-bond donors (Lipinski definition) is 2. The van der Waals surface area contributed by atoms with Crippen molar-refractivity contribution < 1.29 is 5.11 Å². The Balaban J connectivity index is 2.39. The normalized spacial score (nSPS) is 11.7. The van der Waals surface area contributed by atoms with Crippen LogP contribution in [0.2, 0.25) is 0 Å². The minimum Gasteiger partial charge on any atom is -0.389 e. The molecule has 1 heterocycles. The largest absolute Gasteiger partial charge is 0.389 e. The number of nitrogens with one attached hydrogen (secondary N) is 1. The number of halogens is 1. The van der Waals surface area contributed by atoms with E-state index in [1.54, 1.807) is 20.0 Å². The summed E-state index contributed by atoms with van der Waals surface area (Å²) in [5, 5.41) is 12.6. The minimum absolute atomic E-state index is 0.569. The Labute approximate surface area is 92.7 Å². The Hall–Kier alpha value is -0.450. The maximum atomic E-state index is 9.46. The van der Waals surface area contributed by atoms with E-state index < -0.39 is 5.60 Å². The predicted octanol–water partition coefficient (Wildman–Crippen LogP) is 1.70. The molecule has 2 N–H and O–H groups in total. The molecule has 1 aromatic rings. The molecule has 1 aromatic heterocycles. The molecule has 0 saturated carbocycles. The van der Waals surface area contributed by atoms with Crippen LogP contribution in [0.25, 0.3) is 0 Å². The summed E-state index contributed by atoms with van der Waals surface area (Å²) < 4.78 is 0.972. The Morgan fingerprint density at radius 3 is 2.79 bits per heavy atom. The molecule has 1 rings (SSSR count). The van der Waals surface area contributed by atoms with E-state index in [0.29, 0.717) is 6.54 Å². The lowest BCUT2D eigenvalue weighted by atomic mass is 10.1. The first-order valence-corrected chi connectivity index (χ1v) is 5.29. The first-order chi connectivity index (χ1) is 6.47. The van der Waals surface area contributed by atoms with Crippen molar-refractivity contribution in [3.05, 3.63) is 28.5 Å². The third-order valence-electron chi connectivity index (χ3n) is 1.65. The van der Waals surface area contributed by atoms with Gasteiger partial charge in [0.05, 0.1) is 5.60 Å². The van der Waals surface area contributed by atoms with Gasteiger partial charge in [-0.05, 0) is 41.4 Å². The Bertz CT molecular complexity index is 296. The number of pyridine rings is 1. The van der Waals surface area contributed by atoms with Gasteiger partial charge in [0.2, 0.25) is 0 Å². The molecule has 0 unspecified atom stereocenters. The Kier molecular flexibility index (Phi) is 4.04. The van der Waals surface area contributed by atoms with Gasteiger partial charge in [-0.25, -0.2) is 0 Å². The Morgan fingerprint density at radius 1 is 1.50 bits per heavy atom. The van der Waals surface area contributed by atoms with E-state index in [2.05, 4.69) is 26.2 Å². The zero-order chi connectivity index (χ0) is 10.6. The molecule has 0 aliphatic rings. The zero-order valence-electron chi connectivity index (χ0n) is 8.42. The smallest absolute Gasteiger partial charge is 0.0715 e. The minimum atomic E-state index is -0.667. The van der Waals surface area contributed by atoms with Crippen molar-refractivity contribution >= 4 is 15.9 Å². The van der Waals surface area contributed by atoms with Gasteiger partial charge in [-0.3, -0.25) is 4.98 Å². The standard InChI is InChI=1S/C10H15BrN2O/c1-10(2,14)7-13-5-8-3-9(11)6-12-4-8/h3-4,6,13-14H,5,7H2,1-2H3. The molecule has 0 bridgehead atoms. The summed E-state index contributed by atoms with van der Waals surface area (Å²) in [6.07, 6.45) is 3.56. The third-order valence-corrected chi connectivity index (χ3v) is 2.08. The maximum absolute atomic E-state index is 9.46. The molecular weight excluding hydrogens is 244 g/mol. The van der Waals surface area contributed by atoms with Crippen LogP contribution in [0.5, 0.6) is 0 Å². The summed E-state index contributed by atoms with van der Waals surface area (Å²) in [6.45, 7) is 4.84. The van der Waals surface area contributed by atoms with Crippen LogP contribution >= 0.6 is 15.9 Å². The van der Waals surface area contributed by atoms with Gasteiger partial charge in [-0.2, -0.15) is 0 Å². The average Bonchev–Trinajstić information content (AvgIpc) is 2.01. The molecule has 0 amide bonds. The quantitative estimate of drug-likeness (QED) is 0.865. The highest BCUT2D eigenvalue weighted by Gasteiger charge is 2.10. The second kappa shape index (κ2) is 4.87. The van der Waals surface area contributed by atoms with Gasteiger partial charge >= 0.3 is 0 Å². The summed E-state index contributed by atoms with van der Waals surface area (Å²) in [6, 6.07) is 2.00. The van der Waals surface area contributed by atoms with E-state index in [1.807, 2.05) is 12.3 Å². The van der Waals surface area contributed by atoms with Crippen molar-refractivity contribution in [3.63, 3.8) is 0 Å². The first-order valence-electron chi connectivity index (χ1n) is 4.50. The summed E-state index contributed by atoms with van der Waals surface area (Å²) in [5.41, 5.74) is 0.433. The molecule has 78 valence electrons. The summed E-state index contributed by atoms with van der Waals surface area (Å²) in [4.78, 5) is 4.05. The summed E-state index contributed by atoms with van der Waals surface area (Å²) >= 11 is 3.35. The van der Waals surface area contributed by atoms with E-state index >= 15 is 0 Å². The van der Waals surface area contributed by atoms with Crippen LogP contribution in [0, 0.1) is 0 Å². The third kappa shape index (κ3) is 4.69. The van der Waals surface area contributed by atoms with Crippen LogP contribution < -0.4 is 5.32 Å². The van der Waals surface area contributed by atoms with E-state index in [1.165, 1.54) is 0 Å². The fraction of sp³-hybridized carbons (Fsp3) is 0.500. The van der Waals surface area contributed by atoms with Gasteiger partial charge in [0.25, 0.3) is 0 Å². The highest BCUT2D eigenvalue weighted by Crippen LogP contribution is 2.09. The number of hydrogen-bond acceptors (Lipinski definition) is 3. The summed E-state index contributed by atoms with van der Waals surface area (Å²) in [5.74, 6) is 0. The van der Waals surface area contributed by atoms with Gasteiger partial charge in [-0.1, -0.05) is 0 Å². The molecule has 0 fully saturated rings. The van der Waals surface area contributed by atoms with E-state index in [4.69, 9.17) is 0 Å². The van der Waals surface area contributed by atoms with Crippen molar-refractivity contribution in [3.8, 4) is 0 Å². The lowest BCUT2D eigenvalue weighted by Crippen LogP contribution is -2.34. The van der Waals surface area contributed by atoms with Gasteiger partial charge in [-0.15, -0.1) is 0 Å². The fourth-order valence-electron chi connectivity index (χ4n) is 1.07. The van der Waals surface area contributed by atoms with E-state index in [9.17, 15) is 5.11 Å². The van der Waals surface area contributed by atoms with Crippen molar-refractivity contribution in [1.29, 1.82) is 0 Å². The van der Waals surface area contributed by atoms with Crippen LogP contribution in [0.1, 0.15) is 19.4 Å². The summed E-state index contributed by atoms with van der Waals surface area (Å²) in [7, 11) is 0. The molecule has 0 atom stereocenters. The highest BCUT2D eigenvalue weighted by molar-refractivity contribution is 9.10. The fourth-order valence-corrected chi connectivity index (χ4v) is 1.48. The van der Waals surface area contributed by atoms with Crippen LogP contribution in [0.4, 0.5) is 0 Å². The maximum Gasteiger partial charge on any atom is 0.0715 e. The monoisotopic (exact) mass is 258 g/mol.